The molecule has 0 saturated carbocycles. The maximum absolute atomic E-state index is 14.1. The first-order chi connectivity index (χ1) is 15.4. The highest BCUT2D eigenvalue weighted by atomic mass is 32.1. The second-order valence-corrected chi connectivity index (χ2v) is 8.29. The number of ether oxygens (including phenoxy) is 1. The topological polar surface area (TPSA) is 52.1 Å². The van der Waals surface area contributed by atoms with Crippen LogP contribution in [0.1, 0.15) is 34.3 Å². The molecular weight excluding hydrogens is 437 g/mol. The van der Waals surface area contributed by atoms with Gasteiger partial charge in [-0.2, -0.15) is 0 Å². The van der Waals surface area contributed by atoms with E-state index in [1.54, 1.807) is 13.1 Å². The Bertz CT molecular complexity index is 1280. The van der Waals surface area contributed by atoms with E-state index in [9.17, 15) is 18.0 Å². The van der Waals surface area contributed by atoms with E-state index >= 15 is 0 Å². The number of thiazole rings is 1. The average molecular weight is 456 g/mol. The van der Waals surface area contributed by atoms with Crippen LogP contribution >= 0.6 is 11.3 Å². The van der Waals surface area contributed by atoms with Crippen LogP contribution in [-0.2, 0) is 28.8 Å². The zero-order valence-corrected chi connectivity index (χ0v) is 18.0. The zero-order valence-electron chi connectivity index (χ0n) is 17.2. The van der Waals surface area contributed by atoms with Crippen LogP contribution in [0.25, 0.3) is 10.2 Å². The van der Waals surface area contributed by atoms with Crippen LogP contribution in [-0.4, -0.2) is 22.5 Å². The summed E-state index contributed by atoms with van der Waals surface area (Å²) in [6.07, 6.45) is 2.48. The molecule has 164 valence electrons. The highest BCUT2D eigenvalue weighted by molar-refractivity contribution is 7.18. The van der Waals surface area contributed by atoms with Crippen LogP contribution in [0.15, 0.2) is 48.7 Å². The molecule has 0 aliphatic rings. The number of aromatic nitrogens is 2. The van der Waals surface area contributed by atoms with Crippen molar-refractivity contribution in [3.8, 4) is 0 Å². The molecule has 0 aliphatic heterocycles. The molecule has 0 aliphatic carbocycles. The number of rotatable bonds is 7. The maximum Gasteiger partial charge on any atom is 0.310 e. The SMILES string of the molecule is CCOC(=O)Cc1cnc(Cc2ccccc2)c(Cc2nc3c(F)c(F)cc(F)c3s2)c1. The van der Waals surface area contributed by atoms with Gasteiger partial charge in [-0.25, -0.2) is 18.2 Å². The van der Waals surface area contributed by atoms with E-state index in [2.05, 4.69) is 9.97 Å². The van der Waals surface area contributed by atoms with Crippen LogP contribution in [0.5, 0.6) is 0 Å². The van der Waals surface area contributed by atoms with Crippen molar-refractivity contribution in [2.45, 2.75) is 26.2 Å². The number of fused-ring (bicyclic) bond motifs is 1. The monoisotopic (exact) mass is 456 g/mol. The van der Waals surface area contributed by atoms with E-state index in [1.165, 1.54) is 0 Å². The molecule has 0 saturated heterocycles. The summed E-state index contributed by atoms with van der Waals surface area (Å²) in [4.78, 5) is 20.6. The number of nitrogens with zero attached hydrogens (tertiary/aromatic N) is 2. The normalized spacial score (nSPS) is 11.1. The fourth-order valence-electron chi connectivity index (χ4n) is 3.43. The van der Waals surface area contributed by atoms with E-state index in [1.807, 2.05) is 36.4 Å². The van der Waals surface area contributed by atoms with E-state index in [4.69, 9.17) is 4.74 Å². The summed E-state index contributed by atoms with van der Waals surface area (Å²) in [5, 5.41) is 0.424. The van der Waals surface area contributed by atoms with Crippen LogP contribution in [0.2, 0.25) is 0 Å². The summed E-state index contributed by atoms with van der Waals surface area (Å²) in [6.45, 7) is 2.02. The molecule has 0 atom stereocenters. The largest absolute Gasteiger partial charge is 0.466 e. The number of esters is 1. The van der Waals surface area contributed by atoms with Gasteiger partial charge in [0.15, 0.2) is 11.6 Å². The molecule has 2 aromatic carbocycles. The fraction of sp³-hybridized carbons (Fsp3) is 0.208. The minimum absolute atomic E-state index is 0.0286. The number of carbonyl (C=O) groups is 1. The molecule has 0 spiro atoms. The summed E-state index contributed by atoms with van der Waals surface area (Å²) in [5.74, 6) is -3.64. The molecule has 0 unspecified atom stereocenters. The fourth-order valence-corrected chi connectivity index (χ4v) is 4.42. The second-order valence-electron chi connectivity index (χ2n) is 7.21. The minimum Gasteiger partial charge on any atom is -0.466 e. The van der Waals surface area contributed by atoms with Crippen molar-refractivity contribution >= 4 is 27.5 Å². The molecule has 8 heteroatoms. The number of benzene rings is 2. The predicted molar refractivity (Wildman–Crippen MR) is 116 cm³/mol. The molecule has 4 nitrogen and oxygen atoms in total. The van der Waals surface area contributed by atoms with Gasteiger partial charge in [0.05, 0.1) is 22.7 Å². The quantitative estimate of drug-likeness (QED) is 0.276. The lowest BCUT2D eigenvalue weighted by Crippen LogP contribution is -2.09. The Labute approximate surface area is 186 Å². The number of halogens is 3. The van der Waals surface area contributed by atoms with Gasteiger partial charge in [-0.05, 0) is 23.6 Å². The maximum atomic E-state index is 14.1. The number of hydrogen-bond acceptors (Lipinski definition) is 5. The Balaban J connectivity index is 1.71. The van der Waals surface area contributed by atoms with Crippen molar-refractivity contribution in [3.05, 3.63) is 93.5 Å². The van der Waals surface area contributed by atoms with Crippen molar-refractivity contribution < 1.29 is 22.7 Å². The highest BCUT2D eigenvalue weighted by Gasteiger charge is 2.19. The standard InChI is InChI=1S/C24H19F3N2O2S/c1-2-31-21(30)10-15-8-16(19(28-13-15)9-14-6-4-3-5-7-14)11-20-29-23-22(27)17(25)12-18(26)24(23)32-20/h3-8,12-13H,2,9-11H2,1H3. The second kappa shape index (κ2) is 9.48. The van der Waals surface area contributed by atoms with Crippen LogP contribution in [0, 0.1) is 17.5 Å². The molecule has 0 amide bonds. The number of pyridine rings is 1. The van der Waals surface area contributed by atoms with Crippen molar-refractivity contribution in [3.63, 3.8) is 0 Å². The molecule has 0 radical (unpaired) electrons. The average Bonchev–Trinajstić information content (AvgIpc) is 3.19. The Hall–Kier alpha value is -3.26. The summed E-state index contributed by atoms with van der Waals surface area (Å²) < 4.78 is 46.8. The van der Waals surface area contributed by atoms with Gasteiger partial charge in [0.1, 0.15) is 11.3 Å². The van der Waals surface area contributed by atoms with Crippen LogP contribution in [0.4, 0.5) is 13.2 Å². The molecular formula is C24H19F3N2O2S. The van der Waals surface area contributed by atoms with Gasteiger partial charge in [-0.1, -0.05) is 36.4 Å². The Morgan fingerprint density at radius 2 is 1.81 bits per heavy atom. The molecule has 4 aromatic rings. The van der Waals surface area contributed by atoms with Gasteiger partial charge < -0.3 is 4.74 Å². The summed E-state index contributed by atoms with van der Waals surface area (Å²) in [7, 11) is 0. The van der Waals surface area contributed by atoms with Crippen LogP contribution < -0.4 is 0 Å². The summed E-state index contributed by atoms with van der Waals surface area (Å²) in [6, 6.07) is 12.1. The van der Waals surface area contributed by atoms with Crippen molar-refractivity contribution in [2.24, 2.45) is 0 Å². The third-order valence-corrected chi connectivity index (χ3v) is 5.95. The summed E-state index contributed by atoms with van der Waals surface area (Å²) >= 11 is 0.972. The third-order valence-electron chi connectivity index (χ3n) is 4.89. The first-order valence-electron chi connectivity index (χ1n) is 10.0. The van der Waals surface area contributed by atoms with Gasteiger partial charge in [0.2, 0.25) is 0 Å². The first kappa shape index (κ1) is 22.0. The van der Waals surface area contributed by atoms with E-state index < -0.39 is 17.5 Å². The molecule has 4 rings (SSSR count). The first-order valence-corrected chi connectivity index (χ1v) is 10.9. The third kappa shape index (κ3) is 4.80. The molecule has 2 aromatic heterocycles. The molecule has 0 N–H and O–H groups in total. The van der Waals surface area contributed by atoms with Gasteiger partial charge in [-0.15, -0.1) is 11.3 Å². The van der Waals surface area contributed by atoms with Crippen molar-refractivity contribution in [1.82, 2.24) is 9.97 Å². The van der Waals surface area contributed by atoms with E-state index in [0.29, 0.717) is 23.1 Å². The molecule has 0 fully saturated rings. The lowest BCUT2D eigenvalue weighted by molar-refractivity contribution is -0.142. The Kier molecular flexibility index (Phi) is 6.50. The smallest absolute Gasteiger partial charge is 0.310 e. The minimum atomic E-state index is -1.27. The Morgan fingerprint density at radius 3 is 2.56 bits per heavy atom. The Morgan fingerprint density at radius 1 is 1.03 bits per heavy atom. The van der Waals surface area contributed by atoms with Gasteiger partial charge in [0, 0.05) is 30.8 Å². The van der Waals surface area contributed by atoms with E-state index in [0.717, 1.165) is 28.2 Å². The highest BCUT2D eigenvalue weighted by Crippen LogP contribution is 2.30. The molecule has 32 heavy (non-hydrogen) atoms. The van der Waals surface area contributed by atoms with Gasteiger partial charge in [0.25, 0.3) is 0 Å². The van der Waals surface area contributed by atoms with Gasteiger partial charge >= 0.3 is 5.97 Å². The predicted octanol–water partition coefficient (Wildman–Crippen LogP) is 5.40. The molecule has 2 heterocycles. The van der Waals surface area contributed by atoms with Crippen molar-refractivity contribution in [2.75, 3.05) is 6.61 Å². The summed E-state index contributed by atoms with van der Waals surface area (Å²) in [5.41, 5.74) is 2.93. The van der Waals surface area contributed by atoms with Crippen molar-refractivity contribution in [1.29, 1.82) is 0 Å². The molecule has 0 bridgehead atoms. The van der Waals surface area contributed by atoms with Gasteiger partial charge in [-0.3, -0.25) is 9.78 Å². The lowest BCUT2D eigenvalue weighted by Gasteiger charge is -2.10. The van der Waals surface area contributed by atoms with Crippen LogP contribution in [0.3, 0.4) is 0 Å². The zero-order chi connectivity index (χ0) is 22.7. The van der Waals surface area contributed by atoms with E-state index in [-0.39, 0.29) is 35.6 Å². The lowest BCUT2D eigenvalue weighted by atomic mass is 10.0. The number of carbonyl (C=O) groups excluding carboxylic acids is 1. The number of hydrogen-bond donors (Lipinski definition) is 0.